The van der Waals surface area contributed by atoms with E-state index in [9.17, 15) is 4.79 Å². The van der Waals surface area contributed by atoms with Gasteiger partial charge in [-0.15, -0.1) is 0 Å². The van der Waals surface area contributed by atoms with E-state index in [2.05, 4.69) is 36.1 Å². The number of carbonyl (C=O) groups is 1. The van der Waals surface area contributed by atoms with Gasteiger partial charge in [-0.05, 0) is 61.7 Å². The first-order chi connectivity index (χ1) is 13.7. The lowest BCUT2D eigenvalue weighted by atomic mass is 10.1. The largest absolute Gasteiger partial charge is 0.491 e. The molecule has 2 heterocycles. The predicted molar refractivity (Wildman–Crippen MR) is 110 cm³/mol. The highest BCUT2D eigenvalue weighted by molar-refractivity contribution is 5.94. The number of aryl methyl sites for hydroxylation is 1. The van der Waals surface area contributed by atoms with Gasteiger partial charge in [0.15, 0.2) is 0 Å². The zero-order valence-electron chi connectivity index (χ0n) is 16.5. The number of nitrogens with zero attached hydrogens (tertiary/aromatic N) is 2. The summed E-state index contributed by atoms with van der Waals surface area (Å²) >= 11 is 0. The minimum atomic E-state index is 0.0922. The Morgan fingerprint density at radius 2 is 1.89 bits per heavy atom. The van der Waals surface area contributed by atoms with Crippen LogP contribution in [0.15, 0.2) is 48.5 Å². The van der Waals surface area contributed by atoms with E-state index in [1.54, 1.807) is 0 Å². The monoisotopic (exact) mass is 380 g/mol. The van der Waals surface area contributed by atoms with Crippen molar-refractivity contribution in [3.8, 4) is 5.75 Å². The Morgan fingerprint density at radius 3 is 2.57 bits per heavy atom. The summed E-state index contributed by atoms with van der Waals surface area (Å²) in [5, 5.41) is 0. The average molecular weight is 380 g/mol. The Labute approximate surface area is 166 Å². The highest BCUT2D eigenvalue weighted by Crippen LogP contribution is 2.20. The third-order valence-electron chi connectivity index (χ3n) is 5.49. The van der Waals surface area contributed by atoms with Crippen molar-refractivity contribution in [2.24, 2.45) is 0 Å². The van der Waals surface area contributed by atoms with Crippen molar-refractivity contribution in [1.29, 1.82) is 0 Å². The molecule has 148 valence electrons. The molecule has 0 aromatic heterocycles. The summed E-state index contributed by atoms with van der Waals surface area (Å²) in [6, 6.07) is 16.0. The minimum Gasteiger partial charge on any atom is -0.491 e. The number of hydrogen-bond donors (Lipinski definition) is 0. The highest BCUT2D eigenvalue weighted by atomic mass is 16.5. The van der Waals surface area contributed by atoms with Gasteiger partial charge in [0.25, 0.3) is 5.91 Å². The summed E-state index contributed by atoms with van der Waals surface area (Å²) in [4.78, 5) is 17.1. The van der Waals surface area contributed by atoms with Crippen LogP contribution in [0, 0.1) is 6.92 Å². The van der Waals surface area contributed by atoms with Crippen molar-refractivity contribution in [1.82, 2.24) is 4.90 Å². The first-order valence-corrected chi connectivity index (χ1v) is 10.1. The van der Waals surface area contributed by atoms with E-state index in [1.165, 1.54) is 11.3 Å². The summed E-state index contributed by atoms with van der Waals surface area (Å²) < 4.78 is 11.4. The number of piperazine rings is 1. The lowest BCUT2D eigenvalue weighted by Gasteiger charge is -2.36. The Balaban J connectivity index is 1.29. The molecule has 1 amide bonds. The molecule has 5 heteroatoms. The van der Waals surface area contributed by atoms with Gasteiger partial charge in [-0.3, -0.25) is 4.79 Å². The summed E-state index contributed by atoms with van der Waals surface area (Å²) in [5.41, 5.74) is 3.21. The topological polar surface area (TPSA) is 42.0 Å². The number of amides is 1. The summed E-state index contributed by atoms with van der Waals surface area (Å²) in [6.07, 6.45) is 2.37. The fourth-order valence-corrected chi connectivity index (χ4v) is 3.83. The molecule has 1 atom stereocenters. The Bertz CT molecular complexity index is 792. The zero-order chi connectivity index (χ0) is 19.3. The second-order valence-corrected chi connectivity index (χ2v) is 7.59. The first-order valence-electron chi connectivity index (χ1n) is 10.1. The number of ether oxygens (including phenoxy) is 2. The fourth-order valence-electron chi connectivity index (χ4n) is 3.83. The SMILES string of the molecule is Cc1cccc(N2CCN(C(=O)c3ccc(OCC4CCCO4)cc3)CC2)c1. The summed E-state index contributed by atoms with van der Waals surface area (Å²) in [6.45, 7) is 6.72. The van der Waals surface area contributed by atoms with Gasteiger partial charge < -0.3 is 19.3 Å². The maximum Gasteiger partial charge on any atom is 0.253 e. The van der Waals surface area contributed by atoms with Crippen LogP contribution in [0.4, 0.5) is 5.69 Å². The second kappa shape index (κ2) is 8.65. The van der Waals surface area contributed by atoms with E-state index < -0.39 is 0 Å². The minimum absolute atomic E-state index is 0.0922. The highest BCUT2D eigenvalue weighted by Gasteiger charge is 2.22. The molecule has 0 radical (unpaired) electrons. The molecule has 4 rings (SSSR count). The first kappa shape index (κ1) is 18.8. The molecule has 0 aliphatic carbocycles. The molecule has 2 fully saturated rings. The van der Waals surface area contributed by atoms with E-state index in [4.69, 9.17) is 9.47 Å². The van der Waals surface area contributed by atoms with Crippen molar-refractivity contribution in [3.05, 3.63) is 59.7 Å². The molecule has 2 aliphatic rings. The van der Waals surface area contributed by atoms with Crippen molar-refractivity contribution in [2.75, 3.05) is 44.3 Å². The van der Waals surface area contributed by atoms with Crippen LogP contribution in [0.1, 0.15) is 28.8 Å². The lowest BCUT2D eigenvalue weighted by molar-refractivity contribution is 0.0678. The third kappa shape index (κ3) is 4.47. The smallest absolute Gasteiger partial charge is 0.253 e. The number of benzene rings is 2. The van der Waals surface area contributed by atoms with Crippen molar-refractivity contribution < 1.29 is 14.3 Å². The molecule has 2 aliphatic heterocycles. The van der Waals surface area contributed by atoms with E-state index >= 15 is 0 Å². The van der Waals surface area contributed by atoms with E-state index in [1.807, 2.05) is 29.2 Å². The van der Waals surface area contributed by atoms with Gasteiger partial charge in [-0.2, -0.15) is 0 Å². The molecule has 2 saturated heterocycles. The molecule has 0 saturated carbocycles. The quantitative estimate of drug-likeness (QED) is 0.796. The van der Waals surface area contributed by atoms with Crippen molar-refractivity contribution in [3.63, 3.8) is 0 Å². The van der Waals surface area contributed by atoms with Gasteiger partial charge in [-0.1, -0.05) is 12.1 Å². The number of rotatable bonds is 5. The predicted octanol–water partition coefficient (Wildman–Crippen LogP) is 3.52. The molecule has 2 aromatic carbocycles. The van der Waals surface area contributed by atoms with Crippen LogP contribution < -0.4 is 9.64 Å². The van der Waals surface area contributed by atoms with Gasteiger partial charge in [0.05, 0.1) is 6.10 Å². The molecule has 5 nitrogen and oxygen atoms in total. The number of hydrogen-bond acceptors (Lipinski definition) is 4. The van der Waals surface area contributed by atoms with Gasteiger partial charge >= 0.3 is 0 Å². The van der Waals surface area contributed by atoms with Crippen LogP contribution in [-0.4, -0.2) is 56.3 Å². The van der Waals surface area contributed by atoms with Gasteiger partial charge in [0, 0.05) is 44.0 Å². The summed E-state index contributed by atoms with van der Waals surface area (Å²) in [5.74, 6) is 0.880. The second-order valence-electron chi connectivity index (χ2n) is 7.59. The number of anilines is 1. The van der Waals surface area contributed by atoms with Crippen LogP contribution in [0.25, 0.3) is 0 Å². The molecule has 0 N–H and O–H groups in total. The molecular weight excluding hydrogens is 352 g/mol. The van der Waals surface area contributed by atoms with Gasteiger partial charge in [0.1, 0.15) is 12.4 Å². The van der Waals surface area contributed by atoms with Crippen LogP contribution in [-0.2, 0) is 4.74 Å². The zero-order valence-corrected chi connectivity index (χ0v) is 16.5. The Morgan fingerprint density at radius 1 is 1.11 bits per heavy atom. The van der Waals surface area contributed by atoms with Crippen LogP contribution >= 0.6 is 0 Å². The van der Waals surface area contributed by atoms with Crippen LogP contribution in [0.5, 0.6) is 5.75 Å². The molecule has 1 unspecified atom stereocenters. The van der Waals surface area contributed by atoms with Crippen LogP contribution in [0.3, 0.4) is 0 Å². The fraction of sp³-hybridized carbons (Fsp3) is 0.435. The average Bonchev–Trinajstić information content (AvgIpc) is 3.26. The molecule has 2 aromatic rings. The lowest BCUT2D eigenvalue weighted by Crippen LogP contribution is -2.48. The van der Waals surface area contributed by atoms with E-state index in [0.717, 1.165) is 51.4 Å². The maximum atomic E-state index is 12.8. The summed E-state index contributed by atoms with van der Waals surface area (Å²) in [7, 11) is 0. The Hall–Kier alpha value is -2.53. The van der Waals surface area contributed by atoms with Gasteiger partial charge in [-0.25, -0.2) is 0 Å². The normalized spacial score (nSPS) is 19.7. The van der Waals surface area contributed by atoms with E-state index in [-0.39, 0.29) is 12.0 Å². The molecular formula is C23H28N2O3. The standard InChI is InChI=1S/C23H28N2O3/c1-18-4-2-5-20(16-18)24-11-13-25(14-12-24)23(26)19-7-9-21(10-8-19)28-17-22-6-3-15-27-22/h2,4-5,7-10,16,22H,3,6,11-15,17H2,1H3. The Kier molecular flexibility index (Phi) is 5.81. The van der Waals surface area contributed by atoms with Gasteiger partial charge in [0.2, 0.25) is 0 Å². The van der Waals surface area contributed by atoms with Crippen LogP contribution in [0.2, 0.25) is 0 Å². The molecule has 28 heavy (non-hydrogen) atoms. The van der Waals surface area contributed by atoms with E-state index in [0.29, 0.717) is 12.2 Å². The maximum absolute atomic E-state index is 12.8. The number of carbonyl (C=O) groups excluding carboxylic acids is 1. The third-order valence-corrected chi connectivity index (χ3v) is 5.49. The molecule has 0 spiro atoms. The van der Waals surface area contributed by atoms with Crippen molar-refractivity contribution >= 4 is 11.6 Å². The van der Waals surface area contributed by atoms with Crippen molar-refractivity contribution in [2.45, 2.75) is 25.9 Å². The molecule has 0 bridgehead atoms.